The fourth-order valence-corrected chi connectivity index (χ4v) is 2.72. The second-order valence-electron chi connectivity index (χ2n) is 6.43. The molecule has 1 aromatic heterocycles. The Morgan fingerprint density at radius 2 is 1.72 bits per heavy atom. The number of aryl methyl sites for hydroxylation is 2. The summed E-state index contributed by atoms with van der Waals surface area (Å²) in [5, 5.41) is 5.97. The van der Waals surface area contributed by atoms with E-state index >= 15 is 0 Å². The summed E-state index contributed by atoms with van der Waals surface area (Å²) in [6.45, 7) is 5.77. The number of esters is 1. The normalized spacial score (nSPS) is 10.3. The Labute approximate surface area is 169 Å². The average Bonchev–Trinajstić information content (AvgIpc) is 2.68. The van der Waals surface area contributed by atoms with E-state index in [0.717, 1.165) is 11.3 Å². The molecule has 0 atom stereocenters. The highest BCUT2D eigenvalue weighted by Crippen LogP contribution is 2.18. The number of benzene rings is 2. The third-order valence-electron chi connectivity index (χ3n) is 4.01. The molecule has 29 heavy (non-hydrogen) atoms. The lowest BCUT2D eigenvalue weighted by atomic mass is 10.2. The molecule has 0 aliphatic carbocycles. The second-order valence-corrected chi connectivity index (χ2v) is 6.43. The molecular formula is C22H22N4O3. The Kier molecular flexibility index (Phi) is 6.19. The van der Waals surface area contributed by atoms with E-state index in [1.165, 1.54) is 0 Å². The van der Waals surface area contributed by atoms with Crippen molar-refractivity contribution >= 4 is 29.1 Å². The van der Waals surface area contributed by atoms with Crippen LogP contribution in [0.4, 0.5) is 17.2 Å². The Morgan fingerprint density at radius 3 is 2.41 bits per heavy atom. The predicted octanol–water partition coefficient (Wildman–Crippen LogP) is 4.27. The summed E-state index contributed by atoms with van der Waals surface area (Å²) in [7, 11) is 0. The van der Waals surface area contributed by atoms with Crippen LogP contribution in [0.1, 0.15) is 39.2 Å². The summed E-state index contributed by atoms with van der Waals surface area (Å²) in [6, 6.07) is 15.9. The summed E-state index contributed by atoms with van der Waals surface area (Å²) in [5.74, 6) is 0.261. The zero-order valence-corrected chi connectivity index (χ0v) is 16.5. The first kappa shape index (κ1) is 20.0. The molecule has 0 aliphatic rings. The van der Waals surface area contributed by atoms with Gasteiger partial charge in [-0.25, -0.2) is 14.8 Å². The topological polar surface area (TPSA) is 93.2 Å². The van der Waals surface area contributed by atoms with Crippen LogP contribution in [0, 0.1) is 13.8 Å². The number of rotatable bonds is 6. The van der Waals surface area contributed by atoms with E-state index in [4.69, 9.17) is 4.74 Å². The van der Waals surface area contributed by atoms with Crippen LogP contribution in [0.3, 0.4) is 0 Å². The lowest BCUT2D eigenvalue weighted by molar-refractivity contribution is 0.0526. The summed E-state index contributed by atoms with van der Waals surface area (Å²) in [5.41, 5.74) is 3.20. The van der Waals surface area contributed by atoms with Gasteiger partial charge >= 0.3 is 5.97 Å². The fraction of sp³-hybridized carbons (Fsp3) is 0.182. The van der Waals surface area contributed by atoms with Gasteiger partial charge in [-0.05, 0) is 62.7 Å². The molecule has 148 valence electrons. The highest BCUT2D eigenvalue weighted by molar-refractivity contribution is 6.03. The lowest BCUT2D eigenvalue weighted by Gasteiger charge is -2.10. The van der Waals surface area contributed by atoms with E-state index in [2.05, 4.69) is 20.6 Å². The van der Waals surface area contributed by atoms with Gasteiger partial charge in [-0.3, -0.25) is 4.79 Å². The van der Waals surface area contributed by atoms with Crippen LogP contribution in [0.25, 0.3) is 0 Å². The smallest absolute Gasteiger partial charge is 0.338 e. The van der Waals surface area contributed by atoms with E-state index < -0.39 is 0 Å². The Hall–Kier alpha value is -3.74. The van der Waals surface area contributed by atoms with Gasteiger partial charge in [0.2, 0.25) is 0 Å². The zero-order chi connectivity index (χ0) is 20.8. The number of aromatic nitrogens is 2. The summed E-state index contributed by atoms with van der Waals surface area (Å²) in [4.78, 5) is 32.9. The highest BCUT2D eigenvalue weighted by atomic mass is 16.5. The molecular weight excluding hydrogens is 368 g/mol. The molecule has 0 unspecified atom stereocenters. The molecule has 7 nitrogen and oxygen atoms in total. The van der Waals surface area contributed by atoms with Crippen molar-refractivity contribution in [3.8, 4) is 0 Å². The molecule has 0 saturated heterocycles. The van der Waals surface area contributed by atoms with Crippen LogP contribution < -0.4 is 10.6 Å². The number of ether oxygens (including phenoxy) is 1. The first-order chi connectivity index (χ1) is 13.9. The Bertz CT molecular complexity index is 1030. The number of carbonyl (C=O) groups is 2. The van der Waals surface area contributed by atoms with Crippen molar-refractivity contribution in [2.24, 2.45) is 0 Å². The van der Waals surface area contributed by atoms with Crippen LogP contribution in [0.5, 0.6) is 0 Å². The van der Waals surface area contributed by atoms with E-state index in [9.17, 15) is 9.59 Å². The van der Waals surface area contributed by atoms with Crippen molar-refractivity contribution < 1.29 is 14.3 Å². The third kappa shape index (κ3) is 5.38. The van der Waals surface area contributed by atoms with Crippen molar-refractivity contribution in [2.45, 2.75) is 20.8 Å². The molecule has 2 N–H and O–H groups in total. The quantitative estimate of drug-likeness (QED) is 0.611. The standard InChI is InChI=1S/C22H22N4O3/c1-4-29-22(28)16-8-10-17(11-9-16)25-20-13-19(23-15(3)24-20)21(27)26-18-7-5-6-14(2)12-18/h5-13H,4H2,1-3H3,(H,26,27)(H,23,24,25). The Morgan fingerprint density at radius 1 is 0.966 bits per heavy atom. The maximum Gasteiger partial charge on any atom is 0.338 e. The van der Waals surface area contributed by atoms with Crippen LogP contribution in [0.15, 0.2) is 54.6 Å². The van der Waals surface area contributed by atoms with E-state index in [-0.39, 0.29) is 17.6 Å². The minimum absolute atomic E-state index is 0.254. The molecule has 0 spiro atoms. The molecule has 2 aromatic carbocycles. The van der Waals surface area contributed by atoms with Crippen LogP contribution >= 0.6 is 0 Å². The molecule has 3 aromatic rings. The third-order valence-corrected chi connectivity index (χ3v) is 4.01. The molecule has 1 amide bonds. The van der Waals surface area contributed by atoms with Gasteiger partial charge in [0.15, 0.2) is 0 Å². The molecule has 0 bridgehead atoms. The van der Waals surface area contributed by atoms with Gasteiger partial charge in [-0.1, -0.05) is 12.1 Å². The number of amides is 1. The number of nitrogens with one attached hydrogen (secondary N) is 2. The summed E-state index contributed by atoms with van der Waals surface area (Å²) >= 11 is 0. The summed E-state index contributed by atoms with van der Waals surface area (Å²) < 4.78 is 4.98. The van der Waals surface area contributed by atoms with Gasteiger partial charge < -0.3 is 15.4 Å². The van der Waals surface area contributed by atoms with E-state index in [0.29, 0.717) is 29.5 Å². The van der Waals surface area contributed by atoms with Gasteiger partial charge in [-0.15, -0.1) is 0 Å². The molecule has 0 radical (unpaired) electrons. The van der Waals surface area contributed by atoms with Crippen LogP contribution in [0.2, 0.25) is 0 Å². The molecule has 0 aliphatic heterocycles. The largest absolute Gasteiger partial charge is 0.462 e. The maximum atomic E-state index is 12.6. The van der Waals surface area contributed by atoms with Gasteiger partial charge in [0, 0.05) is 17.4 Å². The Balaban J connectivity index is 1.75. The number of hydrogen-bond donors (Lipinski definition) is 2. The monoisotopic (exact) mass is 390 g/mol. The van der Waals surface area contributed by atoms with Gasteiger partial charge in [0.1, 0.15) is 17.3 Å². The van der Waals surface area contributed by atoms with Crippen LogP contribution in [-0.2, 0) is 4.74 Å². The lowest BCUT2D eigenvalue weighted by Crippen LogP contribution is -2.15. The molecule has 7 heteroatoms. The summed E-state index contributed by atoms with van der Waals surface area (Å²) in [6.07, 6.45) is 0. The van der Waals surface area contributed by atoms with Gasteiger partial charge in [0.25, 0.3) is 5.91 Å². The van der Waals surface area contributed by atoms with Crippen molar-refractivity contribution in [1.82, 2.24) is 9.97 Å². The highest BCUT2D eigenvalue weighted by Gasteiger charge is 2.12. The second kappa shape index (κ2) is 8.97. The van der Waals surface area contributed by atoms with Gasteiger partial charge in [0.05, 0.1) is 12.2 Å². The number of carbonyl (C=O) groups excluding carboxylic acids is 2. The molecule has 0 saturated carbocycles. The minimum atomic E-state index is -0.368. The van der Waals surface area contributed by atoms with E-state index in [1.807, 2.05) is 31.2 Å². The number of hydrogen-bond acceptors (Lipinski definition) is 6. The van der Waals surface area contributed by atoms with Crippen molar-refractivity contribution in [1.29, 1.82) is 0 Å². The number of nitrogens with zero attached hydrogens (tertiary/aromatic N) is 2. The maximum absolute atomic E-state index is 12.6. The van der Waals surface area contributed by atoms with E-state index in [1.54, 1.807) is 44.2 Å². The van der Waals surface area contributed by atoms with Crippen LogP contribution in [-0.4, -0.2) is 28.5 Å². The first-order valence-electron chi connectivity index (χ1n) is 9.22. The van der Waals surface area contributed by atoms with Crippen molar-refractivity contribution in [3.63, 3.8) is 0 Å². The van der Waals surface area contributed by atoms with Crippen molar-refractivity contribution in [2.75, 3.05) is 17.2 Å². The first-order valence-corrected chi connectivity index (χ1v) is 9.22. The molecule has 0 fully saturated rings. The SMILES string of the molecule is CCOC(=O)c1ccc(Nc2cc(C(=O)Nc3cccc(C)c3)nc(C)n2)cc1. The minimum Gasteiger partial charge on any atom is -0.462 e. The zero-order valence-electron chi connectivity index (χ0n) is 16.5. The predicted molar refractivity (Wildman–Crippen MR) is 112 cm³/mol. The molecule has 3 rings (SSSR count). The van der Waals surface area contributed by atoms with Crippen molar-refractivity contribution in [3.05, 3.63) is 77.2 Å². The van der Waals surface area contributed by atoms with Gasteiger partial charge in [-0.2, -0.15) is 0 Å². The number of anilines is 3. The average molecular weight is 390 g/mol. The fourth-order valence-electron chi connectivity index (χ4n) is 2.72. The molecule has 1 heterocycles.